The Kier molecular flexibility index (Phi) is 5.42. The standard InChI is InChI=1S/C23H18F3N3O/c24-23(25,26)18-7-2-8-19(12-18)30-22-17(6-3-11-28-22)14-29-20-10-9-15-4-1-5-16(13-27)21(15)20/h1-8,11-12,20,29H,9-10,14H2. The predicted octanol–water partition coefficient (Wildman–Crippen LogP) is 5.54. The number of pyridine rings is 1. The molecule has 0 radical (unpaired) electrons. The van der Waals surface area contributed by atoms with Crippen LogP contribution in [0, 0.1) is 11.3 Å². The van der Waals surface area contributed by atoms with E-state index < -0.39 is 11.7 Å². The number of aromatic nitrogens is 1. The van der Waals surface area contributed by atoms with Gasteiger partial charge in [-0.25, -0.2) is 4.98 Å². The van der Waals surface area contributed by atoms with Crippen molar-refractivity contribution in [3.05, 3.63) is 88.6 Å². The summed E-state index contributed by atoms with van der Waals surface area (Å²) in [4.78, 5) is 4.19. The highest BCUT2D eigenvalue weighted by atomic mass is 19.4. The van der Waals surface area contributed by atoms with Gasteiger partial charge in [0.25, 0.3) is 0 Å². The molecule has 1 aromatic heterocycles. The minimum Gasteiger partial charge on any atom is -0.439 e. The third-order valence-corrected chi connectivity index (χ3v) is 5.13. The van der Waals surface area contributed by atoms with Gasteiger partial charge >= 0.3 is 6.18 Å². The fourth-order valence-corrected chi connectivity index (χ4v) is 3.72. The zero-order valence-corrected chi connectivity index (χ0v) is 15.9. The minimum atomic E-state index is -4.44. The van der Waals surface area contributed by atoms with E-state index in [9.17, 15) is 18.4 Å². The van der Waals surface area contributed by atoms with E-state index in [1.54, 1.807) is 6.07 Å². The third kappa shape index (κ3) is 4.14. The molecule has 7 heteroatoms. The van der Waals surface area contributed by atoms with Crippen LogP contribution in [0.15, 0.2) is 60.8 Å². The molecule has 1 N–H and O–H groups in total. The molecule has 0 bridgehead atoms. The Morgan fingerprint density at radius 2 is 1.97 bits per heavy atom. The molecule has 2 aromatic carbocycles. The second-order valence-corrected chi connectivity index (χ2v) is 7.06. The number of nitrogens with one attached hydrogen (secondary N) is 1. The number of hydrogen-bond acceptors (Lipinski definition) is 4. The van der Waals surface area contributed by atoms with E-state index in [2.05, 4.69) is 16.4 Å². The molecule has 152 valence electrons. The number of hydrogen-bond donors (Lipinski definition) is 1. The second kappa shape index (κ2) is 8.17. The summed E-state index contributed by atoms with van der Waals surface area (Å²) in [6.45, 7) is 0.409. The van der Waals surface area contributed by atoms with Crippen molar-refractivity contribution in [3.63, 3.8) is 0 Å². The molecule has 4 rings (SSSR count). The number of nitrogens with zero attached hydrogens (tertiary/aromatic N) is 2. The Labute approximate surface area is 172 Å². The molecule has 0 saturated carbocycles. The Hall–Kier alpha value is -3.37. The van der Waals surface area contributed by atoms with Crippen LogP contribution in [0.3, 0.4) is 0 Å². The summed E-state index contributed by atoms with van der Waals surface area (Å²) in [5.41, 5.74) is 2.79. The summed E-state index contributed by atoms with van der Waals surface area (Å²) in [6, 6.07) is 16.3. The fourth-order valence-electron chi connectivity index (χ4n) is 3.72. The van der Waals surface area contributed by atoms with Crippen molar-refractivity contribution >= 4 is 0 Å². The monoisotopic (exact) mass is 409 g/mol. The lowest BCUT2D eigenvalue weighted by Crippen LogP contribution is -2.20. The molecule has 1 atom stereocenters. The quantitative estimate of drug-likeness (QED) is 0.601. The number of halogens is 3. The lowest BCUT2D eigenvalue weighted by atomic mass is 10.0. The van der Waals surface area contributed by atoms with E-state index in [0.29, 0.717) is 12.1 Å². The number of aryl methyl sites for hydroxylation is 1. The van der Waals surface area contributed by atoms with Crippen molar-refractivity contribution in [2.45, 2.75) is 31.6 Å². The molecule has 0 aliphatic heterocycles. The van der Waals surface area contributed by atoms with E-state index in [0.717, 1.165) is 41.7 Å². The van der Waals surface area contributed by atoms with E-state index in [1.165, 1.54) is 18.3 Å². The van der Waals surface area contributed by atoms with Gasteiger partial charge < -0.3 is 10.1 Å². The van der Waals surface area contributed by atoms with Crippen molar-refractivity contribution < 1.29 is 17.9 Å². The van der Waals surface area contributed by atoms with Gasteiger partial charge in [-0.3, -0.25) is 0 Å². The van der Waals surface area contributed by atoms with Crippen LogP contribution < -0.4 is 10.1 Å². The van der Waals surface area contributed by atoms with E-state index >= 15 is 0 Å². The number of fused-ring (bicyclic) bond motifs is 1. The molecule has 1 aliphatic rings. The van der Waals surface area contributed by atoms with Gasteiger partial charge in [0.1, 0.15) is 5.75 Å². The molecular formula is C23H18F3N3O. The number of rotatable bonds is 5. The first-order chi connectivity index (χ1) is 14.5. The molecule has 0 spiro atoms. The van der Waals surface area contributed by atoms with Crippen LogP contribution in [0.2, 0.25) is 0 Å². The molecule has 1 aliphatic carbocycles. The Morgan fingerprint density at radius 3 is 2.77 bits per heavy atom. The maximum atomic E-state index is 13.0. The van der Waals surface area contributed by atoms with E-state index in [1.807, 2.05) is 24.3 Å². The first kappa shape index (κ1) is 19.9. The Balaban J connectivity index is 1.52. The van der Waals surface area contributed by atoms with Crippen molar-refractivity contribution in [1.82, 2.24) is 10.3 Å². The topological polar surface area (TPSA) is 57.9 Å². The Morgan fingerprint density at radius 1 is 1.13 bits per heavy atom. The zero-order valence-electron chi connectivity index (χ0n) is 15.9. The summed E-state index contributed by atoms with van der Waals surface area (Å²) in [5.74, 6) is 0.318. The van der Waals surface area contributed by atoms with Gasteiger partial charge in [-0.05, 0) is 54.3 Å². The van der Waals surface area contributed by atoms with E-state index in [4.69, 9.17) is 4.74 Å². The number of benzene rings is 2. The number of nitriles is 1. The first-order valence-electron chi connectivity index (χ1n) is 9.50. The average Bonchev–Trinajstić information content (AvgIpc) is 3.16. The van der Waals surface area contributed by atoms with Crippen LogP contribution in [-0.4, -0.2) is 4.98 Å². The Bertz CT molecular complexity index is 1110. The molecular weight excluding hydrogens is 391 g/mol. The SMILES string of the molecule is N#Cc1cccc2c1C(NCc1cccnc1Oc1cccc(C(F)(F)F)c1)CC2. The fraction of sp³-hybridized carbons (Fsp3) is 0.217. The molecule has 30 heavy (non-hydrogen) atoms. The maximum absolute atomic E-state index is 13.0. The van der Waals surface area contributed by atoms with Crippen LogP contribution in [0.5, 0.6) is 11.6 Å². The molecule has 4 nitrogen and oxygen atoms in total. The molecule has 3 aromatic rings. The smallest absolute Gasteiger partial charge is 0.416 e. The maximum Gasteiger partial charge on any atom is 0.416 e. The largest absolute Gasteiger partial charge is 0.439 e. The van der Waals surface area contributed by atoms with Gasteiger partial charge in [0.15, 0.2) is 0 Å². The van der Waals surface area contributed by atoms with Gasteiger partial charge in [0, 0.05) is 24.3 Å². The first-order valence-corrected chi connectivity index (χ1v) is 9.50. The summed E-state index contributed by atoms with van der Waals surface area (Å²) in [6.07, 6.45) is -1.14. The van der Waals surface area contributed by atoms with Crippen LogP contribution in [0.4, 0.5) is 13.2 Å². The van der Waals surface area contributed by atoms with Crippen molar-refractivity contribution in [2.24, 2.45) is 0 Å². The van der Waals surface area contributed by atoms with Crippen LogP contribution in [0.25, 0.3) is 0 Å². The van der Waals surface area contributed by atoms with Crippen molar-refractivity contribution in [3.8, 4) is 17.7 Å². The molecule has 0 amide bonds. The highest BCUT2D eigenvalue weighted by molar-refractivity contribution is 5.47. The lowest BCUT2D eigenvalue weighted by Gasteiger charge is -2.17. The van der Waals surface area contributed by atoms with Gasteiger partial charge in [-0.15, -0.1) is 0 Å². The second-order valence-electron chi connectivity index (χ2n) is 7.06. The molecule has 0 saturated heterocycles. The van der Waals surface area contributed by atoms with Crippen molar-refractivity contribution in [1.29, 1.82) is 5.26 Å². The lowest BCUT2D eigenvalue weighted by molar-refractivity contribution is -0.137. The minimum absolute atomic E-state index is 0.0254. The normalized spacial score (nSPS) is 15.5. The van der Waals surface area contributed by atoms with Crippen LogP contribution >= 0.6 is 0 Å². The number of ether oxygens (including phenoxy) is 1. The highest BCUT2D eigenvalue weighted by Gasteiger charge is 2.31. The summed E-state index contributed by atoms with van der Waals surface area (Å²) in [5, 5.41) is 12.8. The summed E-state index contributed by atoms with van der Waals surface area (Å²) >= 11 is 0. The average molecular weight is 409 g/mol. The van der Waals surface area contributed by atoms with Crippen LogP contribution in [-0.2, 0) is 19.1 Å². The zero-order chi connectivity index (χ0) is 21.1. The summed E-state index contributed by atoms with van der Waals surface area (Å²) in [7, 11) is 0. The predicted molar refractivity (Wildman–Crippen MR) is 105 cm³/mol. The molecule has 1 unspecified atom stereocenters. The third-order valence-electron chi connectivity index (χ3n) is 5.13. The van der Waals surface area contributed by atoms with Crippen LogP contribution in [0.1, 0.15) is 40.3 Å². The molecule has 0 fully saturated rings. The molecule has 1 heterocycles. The van der Waals surface area contributed by atoms with Gasteiger partial charge in [0.2, 0.25) is 5.88 Å². The summed E-state index contributed by atoms with van der Waals surface area (Å²) < 4.78 is 44.5. The van der Waals surface area contributed by atoms with Gasteiger partial charge in [-0.2, -0.15) is 18.4 Å². The van der Waals surface area contributed by atoms with Gasteiger partial charge in [0.05, 0.1) is 17.2 Å². The van der Waals surface area contributed by atoms with Crippen molar-refractivity contribution in [2.75, 3.05) is 0 Å². The number of alkyl halides is 3. The van der Waals surface area contributed by atoms with Gasteiger partial charge in [-0.1, -0.05) is 24.3 Å². The highest BCUT2D eigenvalue weighted by Crippen LogP contribution is 2.35. The van der Waals surface area contributed by atoms with E-state index in [-0.39, 0.29) is 17.7 Å².